The molecular formula is C18H19N3OS. The van der Waals surface area contributed by atoms with Crippen LogP contribution in [0.3, 0.4) is 0 Å². The van der Waals surface area contributed by atoms with Crippen LogP contribution in [0.4, 0.5) is 0 Å². The Morgan fingerprint density at radius 2 is 2.13 bits per heavy atom. The van der Waals surface area contributed by atoms with Gasteiger partial charge in [0.25, 0.3) is 0 Å². The van der Waals surface area contributed by atoms with Crippen molar-refractivity contribution in [3.05, 3.63) is 76.5 Å². The molecule has 2 heterocycles. The van der Waals surface area contributed by atoms with Crippen LogP contribution in [-0.2, 0) is 18.3 Å². The summed E-state index contributed by atoms with van der Waals surface area (Å²) in [5.41, 5.74) is 2.24. The lowest BCUT2D eigenvalue weighted by atomic mass is 10.1. The standard InChI is InChI=1S/C18H19N3OS/c1-21-11-10-19-18(21)17(15-5-3-2-4-6-15)20-16(22)8-7-14-9-12-23-13-14/h2-6,9-13,17H,7-8H2,1H3,(H,20,22). The number of aryl methyl sites for hydroxylation is 2. The predicted octanol–water partition coefficient (Wildman–Crippen LogP) is 3.32. The van der Waals surface area contributed by atoms with Gasteiger partial charge in [-0.25, -0.2) is 4.98 Å². The molecule has 1 N–H and O–H groups in total. The fraction of sp³-hybridized carbons (Fsp3) is 0.222. The number of hydrogen-bond donors (Lipinski definition) is 1. The third kappa shape index (κ3) is 3.87. The molecule has 1 aromatic carbocycles. The van der Waals surface area contributed by atoms with E-state index in [0.29, 0.717) is 6.42 Å². The van der Waals surface area contributed by atoms with Crippen LogP contribution < -0.4 is 5.32 Å². The number of amides is 1. The van der Waals surface area contributed by atoms with E-state index in [9.17, 15) is 4.79 Å². The number of aromatic nitrogens is 2. The molecule has 5 heteroatoms. The first-order valence-electron chi connectivity index (χ1n) is 7.56. The van der Waals surface area contributed by atoms with Gasteiger partial charge < -0.3 is 9.88 Å². The lowest BCUT2D eigenvalue weighted by Gasteiger charge is -2.19. The van der Waals surface area contributed by atoms with E-state index < -0.39 is 0 Å². The summed E-state index contributed by atoms with van der Waals surface area (Å²) < 4.78 is 1.94. The Morgan fingerprint density at radius 3 is 2.78 bits per heavy atom. The van der Waals surface area contributed by atoms with Crippen LogP contribution in [0, 0.1) is 0 Å². The number of nitrogens with zero attached hydrogens (tertiary/aromatic N) is 2. The molecule has 0 saturated carbocycles. The molecule has 1 amide bonds. The Balaban J connectivity index is 1.74. The third-order valence-electron chi connectivity index (χ3n) is 3.78. The van der Waals surface area contributed by atoms with Crippen LogP contribution in [0.1, 0.15) is 29.4 Å². The number of thiophene rings is 1. The van der Waals surface area contributed by atoms with Crippen molar-refractivity contribution in [3.63, 3.8) is 0 Å². The molecule has 0 fully saturated rings. The molecule has 0 aliphatic carbocycles. The normalized spacial score (nSPS) is 12.0. The minimum Gasteiger partial charge on any atom is -0.342 e. The van der Waals surface area contributed by atoms with Crippen molar-refractivity contribution in [1.29, 1.82) is 0 Å². The van der Waals surface area contributed by atoms with E-state index >= 15 is 0 Å². The molecule has 4 nitrogen and oxygen atoms in total. The Labute approximate surface area is 139 Å². The van der Waals surface area contributed by atoms with Crippen molar-refractivity contribution in [1.82, 2.24) is 14.9 Å². The number of imidazole rings is 1. The van der Waals surface area contributed by atoms with E-state index in [1.54, 1.807) is 17.5 Å². The van der Waals surface area contributed by atoms with Gasteiger partial charge in [0.15, 0.2) is 0 Å². The predicted molar refractivity (Wildman–Crippen MR) is 92.3 cm³/mol. The van der Waals surface area contributed by atoms with Crippen LogP contribution in [0.25, 0.3) is 0 Å². The van der Waals surface area contributed by atoms with Gasteiger partial charge in [-0.2, -0.15) is 11.3 Å². The lowest BCUT2D eigenvalue weighted by molar-refractivity contribution is -0.121. The van der Waals surface area contributed by atoms with Gasteiger partial charge in [0, 0.05) is 25.9 Å². The molecule has 0 aliphatic rings. The first-order valence-corrected chi connectivity index (χ1v) is 8.51. The second kappa shape index (κ2) is 7.24. The fourth-order valence-corrected chi connectivity index (χ4v) is 3.23. The maximum Gasteiger partial charge on any atom is 0.221 e. The quantitative estimate of drug-likeness (QED) is 0.756. The van der Waals surface area contributed by atoms with Gasteiger partial charge in [-0.05, 0) is 34.4 Å². The highest BCUT2D eigenvalue weighted by molar-refractivity contribution is 7.07. The zero-order valence-electron chi connectivity index (χ0n) is 13.0. The van der Waals surface area contributed by atoms with Crippen LogP contribution in [-0.4, -0.2) is 15.5 Å². The number of hydrogen-bond acceptors (Lipinski definition) is 3. The summed E-state index contributed by atoms with van der Waals surface area (Å²) >= 11 is 1.66. The van der Waals surface area contributed by atoms with E-state index in [1.807, 2.05) is 53.5 Å². The van der Waals surface area contributed by atoms with Gasteiger partial charge in [-0.3, -0.25) is 4.79 Å². The summed E-state index contributed by atoms with van der Waals surface area (Å²) in [5, 5.41) is 7.24. The average molecular weight is 325 g/mol. The molecule has 3 aromatic rings. The molecule has 0 saturated heterocycles. The second-order valence-corrected chi connectivity index (χ2v) is 6.22. The Hall–Kier alpha value is -2.40. The second-order valence-electron chi connectivity index (χ2n) is 5.44. The number of benzene rings is 1. The van der Waals surface area contributed by atoms with Crippen LogP contribution in [0.15, 0.2) is 59.6 Å². The molecule has 0 radical (unpaired) electrons. The molecule has 0 spiro atoms. The first kappa shape index (κ1) is 15.5. The molecular weight excluding hydrogens is 306 g/mol. The average Bonchev–Trinajstić information content (AvgIpc) is 3.23. The lowest BCUT2D eigenvalue weighted by Crippen LogP contribution is -2.31. The van der Waals surface area contributed by atoms with Crippen LogP contribution in [0.5, 0.6) is 0 Å². The van der Waals surface area contributed by atoms with Crippen molar-refractivity contribution in [2.45, 2.75) is 18.9 Å². The van der Waals surface area contributed by atoms with Gasteiger partial charge >= 0.3 is 0 Å². The summed E-state index contributed by atoms with van der Waals surface area (Å²) in [5.74, 6) is 0.869. The van der Waals surface area contributed by atoms with Crippen molar-refractivity contribution in [2.75, 3.05) is 0 Å². The maximum absolute atomic E-state index is 12.4. The SMILES string of the molecule is Cn1ccnc1C(NC(=O)CCc1ccsc1)c1ccccc1. The van der Waals surface area contributed by atoms with Crippen molar-refractivity contribution >= 4 is 17.2 Å². The van der Waals surface area contributed by atoms with Gasteiger partial charge in [-0.15, -0.1) is 0 Å². The van der Waals surface area contributed by atoms with Crippen molar-refractivity contribution in [2.24, 2.45) is 7.05 Å². The monoisotopic (exact) mass is 325 g/mol. The highest BCUT2D eigenvalue weighted by Crippen LogP contribution is 2.20. The van der Waals surface area contributed by atoms with E-state index in [0.717, 1.165) is 17.8 Å². The molecule has 1 unspecified atom stereocenters. The summed E-state index contributed by atoms with van der Waals surface area (Å²) in [7, 11) is 1.94. The smallest absolute Gasteiger partial charge is 0.221 e. The zero-order chi connectivity index (χ0) is 16.1. The van der Waals surface area contributed by atoms with E-state index in [4.69, 9.17) is 0 Å². The van der Waals surface area contributed by atoms with Crippen LogP contribution >= 0.6 is 11.3 Å². The Kier molecular flexibility index (Phi) is 4.88. The molecule has 118 valence electrons. The Bertz CT molecular complexity index is 750. The molecule has 23 heavy (non-hydrogen) atoms. The van der Waals surface area contributed by atoms with Crippen molar-refractivity contribution in [3.8, 4) is 0 Å². The number of nitrogens with one attached hydrogen (secondary N) is 1. The van der Waals surface area contributed by atoms with Gasteiger partial charge in [0.1, 0.15) is 11.9 Å². The van der Waals surface area contributed by atoms with Crippen LogP contribution in [0.2, 0.25) is 0 Å². The highest BCUT2D eigenvalue weighted by atomic mass is 32.1. The molecule has 0 bridgehead atoms. The summed E-state index contributed by atoms with van der Waals surface area (Å²) in [4.78, 5) is 16.8. The summed E-state index contributed by atoms with van der Waals surface area (Å²) in [6.45, 7) is 0. The topological polar surface area (TPSA) is 46.9 Å². The first-order chi connectivity index (χ1) is 11.2. The molecule has 0 aliphatic heterocycles. The third-order valence-corrected chi connectivity index (χ3v) is 4.51. The van der Waals surface area contributed by atoms with Gasteiger partial charge in [0.05, 0.1) is 0 Å². The van der Waals surface area contributed by atoms with Gasteiger partial charge in [-0.1, -0.05) is 30.3 Å². The van der Waals surface area contributed by atoms with E-state index in [2.05, 4.69) is 21.7 Å². The number of carbonyl (C=O) groups excluding carboxylic acids is 1. The van der Waals surface area contributed by atoms with Crippen molar-refractivity contribution < 1.29 is 4.79 Å². The number of rotatable bonds is 6. The Morgan fingerprint density at radius 1 is 1.30 bits per heavy atom. The molecule has 2 aromatic heterocycles. The summed E-state index contributed by atoms with van der Waals surface area (Å²) in [6, 6.07) is 11.8. The maximum atomic E-state index is 12.4. The van der Waals surface area contributed by atoms with E-state index in [-0.39, 0.29) is 11.9 Å². The minimum atomic E-state index is -0.230. The molecule has 3 rings (SSSR count). The largest absolute Gasteiger partial charge is 0.342 e. The highest BCUT2D eigenvalue weighted by Gasteiger charge is 2.20. The fourth-order valence-electron chi connectivity index (χ4n) is 2.52. The summed E-state index contributed by atoms with van der Waals surface area (Å²) in [6.07, 6.45) is 4.88. The molecule has 1 atom stereocenters. The van der Waals surface area contributed by atoms with E-state index in [1.165, 1.54) is 5.56 Å². The van der Waals surface area contributed by atoms with Gasteiger partial charge in [0.2, 0.25) is 5.91 Å². The minimum absolute atomic E-state index is 0.0352. The number of carbonyl (C=O) groups is 1. The zero-order valence-corrected chi connectivity index (χ0v) is 13.8.